The van der Waals surface area contributed by atoms with Gasteiger partial charge in [0.25, 0.3) is 0 Å². The lowest BCUT2D eigenvalue weighted by Gasteiger charge is -2.31. The third-order valence-electron chi connectivity index (χ3n) is 3.36. The van der Waals surface area contributed by atoms with Crippen molar-refractivity contribution >= 4 is 11.5 Å². The van der Waals surface area contributed by atoms with Crippen molar-refractivity contribution in [2.45, 2.75) is 25.8 Å². The Bertz CT molecular complexity index is 368. The minimum atomic E-state index is 0.486. The van der Waals surface area contributed by atoms with Crippen LogP contribution in [-0.4, -0.2) is 47.6 Å². The first kappa shape index (κ1) is 12.1. The maximum absolute atomic E-state index is 5.97. The topological polar surface area (TPSA) is 58.3 Å². The summed E-state index contributed by atoms with van der Waals surface area (Å²) in [5, 5.41) is 0. The first-order valence-electron chi connectivity index (χ1n) is 6.23. The van der Waals surface area contributed by atoms with E-state index < -0.39 is 0 Å². The van der Waals surface area contributed by atoms with Gasteiger partial charge in [0.2, 0.25) is 0 Å². The summed E-state index contributed by atoms with van der Waals surface area (Å²) in [5.74, 6) is 0.891. The van der Waals surface area contributed by atoms with Crippen LogP contribution in [0.25, 0.3) is 0 Å². The molecule has 1 fully saturated rings. The number of hydrogen-bond donors (Lipinski definition) is 1. The van der Waals surface area contributed by atoms with Gasteiger partial charge in [0.1, 0.15) is 6.33 Å². The Morgan fingerprint density at radius 2 is 2.29 bits per heavy atom. The zero-order valence-corrected chi connectivity index (χ0v) is 10.6. The predicted molar refractivity (Wildman–Crippen MR) is 70.0 cm³/mol. The molecule has 0 radical (unpaired) electrons. The third kappa shape index (κ3) is 2.66. The average molecular weight is 235 g/mol. The monoisotopic (exact) mass is 235 g/mol. The SMILES string of the molecule is CCC1CN(C)CCCN1c1ncncc1N. The second kappa shape index (κ2) is 5.31. The molecule has 0 saturated carbocycles. The zero-order valence-electron chi connectivity index (χ0n) is 10.6. The van der Waals surface area contributed by atoms with Gasteiger partial charge in [0, 0.05) is 19.1 Å². The molecule has 1 aromatic heterocycles. The third-order valence-corrected chi connectivity index (χ3v) is 3.36. The molecule has 2 N–H and O–H groups in total. The van der Waals surface area contributed by atoms with Gasteiger partial charge in [-0.15, -0.1) is 0 Å². The van der Waals surface area contributed by atoms with Crippen molar-refractivity contribution in [2.24, 2.45) is 0 Å². The Morgan fingerprint density at radius 3 is 3.00 bits per heavy atom. The number of nitrogen functional groups attached to an aromatic ring is 1. The molecule has 0 amide bonds. The van der Waals surface area contributed by atoms with Gasteiger partial charge in [-0.05, 0) is 26.4 Å². The molecule has 5 nitrogen and oxygen atoms in total. The van der Waals surface area contributed by atoms with Gasteiger partial charge < -0.3 is 15.5 Å². The number of rotatable bonds is 2. The van der Waals surface area contributed by atoms with Crippen LogP contribution >= 0.6 is 0 Å². The fourth-order valence-corrected chi connectivity index (χ4v) is 2.45. The van der Waals surface area contributed by atoms with Gasteiger partial charge >= 0.3 is 0 Å². The number of nitrogens with two attached hydrogens (primary N) is 1. The summed E-state index contributed by atoms with van der Waals surface area (Å²) in [7, 11) is 2.18. The Morgan fingerprint density at radius 1 is 1.47 bits per heavy atom. The van der Waals surface area contributed by atoms with E-state index in [0.717, 1.165) is 38.3 Å². The molecule has 2 rings (SSSR count). The fraction of sp³-hybridized carbons (Fsp3) is 0.667. The molecule has 5 heteroatoms. The highest BCUT2D eigenvalue weighted by atomic mass is 15.3. The minimum Gasteiger partial charge on any atom is -0.394 e. The quantitative estimate of drug-likeness (QED) is 0.828. The van der Waals surface area contributed by atoms with E-state index in [4.69, 9.17) is 5.73 Å². The molecule has 0 spiro atoms. The Labute approximate surface area is 103 Å². The van der Waals surface area contributed by atoms with E-state index >= 15 is 0 Å². The van der Waals surface area contributed by atoms with Gasteiger partial charge in [-0.3, -0.25) is 0 Å². The van der Waals surface area contributed by atoms with Gasteiger partial charge in [0.15, 0.2) is 5.82 Å². The van der Waals surface area contributed by atoms with Gasteiger partial charge in [-0.25, -0.2) is 9.97 Å². The van der Waals surface area contributed by atoms with Crippen molar-refractivity contribution in [2.75, 3.05) is 37.3 Å². The molecule has 1 unspecified atom stereocenters. The molecule has 1 aliphatic rings. The number of likely N-dealkylation sites (N-methyl/N-ethyl adjacent to an activating group) is 1. The Hall–Kier alpha value is -1.36. The molecule has 94 valence electrons. The molecule has 0 aliphatic carbocycles. The van der Waals surface area contributed by atoms with Crippen LogP contribution in [0.2, 0.25) is 0 Å². The van der Waals surface area contributed by atoms with Crippen molar-refractivity contribution in [3.8, 4) is 0 Å². The number of anilines is 2. The highest BCUT2D eigenvalue weighted by molar-refractivity contribution is 5.61. The van der Waals surface area contributed by atoms with Gasteiger partial charge in [-0.2, -0.15) is 0 Å². The van der Waals surface area contributed by atoms with E-state index in [1.54, 1.807) is 12.5 Å². The summed E-state index contributed by atoms with van der Waals surface area (Å²) in [5.41, 5.74) is 6.65. The standard InChI is InChI=1S/C12H21N5/c1-3-10-8-16(2)5-4-6-17(10)12-11(13)7-14-9-15-12/h7,9-10H,3-6,8,13H2,1-2H3. The lowest BCUT2D eigenvalue weighted by atomic mass is 10.2. The van der Waals surface area contributed by atoms with E-state index in [1.807, 2.05) is 0 Å². The van der Waals surface area contributed by atoms with Gasteiger partial charge in [0.05, 0.1) is 11.9 Å². The Balaban J connectivity index is 2.25. The minimum absolute atomic E-state index is 0.486. The second-order valence-corrected chi connectivity index (χ2v) is 4.67. The highest BCUT2D eigenvalue weighted by Crippen LogP contribution is 2.24. The largest absolute Gasteiger partial charge is 0.394 e. The molecule has 1 aromatic rings. The number of aromatic nitrogens is 2. The predicted octanol–water partition coefficient (Wildman–Crippen LogP) is 0.979. The van der Waals surface area contributed by atoms with Crippen LogP contribution in [0.5, 0.6) is 0 Å². The van der Waals surface area contributed by atoms with Crippen molar-refractivity contribution in [3.63, 3.8) is 0 Å². The van der Waals surface area contributed by atoms with E-state index in [9.17, 15) is 0 Å². The summed E-state index contributed by atoms with van der Waals surface area (Å²) in [4.78, 5) is 13.0. The van der Waals surface area contributed by atoms with Crippen LogP contribution in [-0.2, 0) is 0 Å². The van der Waals surface area contributed by atoms with Crippen LogP contribution in [0.3, 0.4) is 0 Å². The van der Waals surface area contributed by atoms with Crippen LogP contribution in [0.15, 0.2) is 12.5 Å². The van der Waals surface area contributed by atoms with Crippen LogP contribution < -0.4 is 10.6 Å². The zero-order chi connectivity index (χ0) is 12.3. The molecule has 1 atom stereocenters. The first-order valence-corrected chi connectivity index (χ1v) is 6.23. The summed E-state index contributed by atoms with van der Waals surface area (Å²) in [6, 6.07) is 0.486. The summed E-state index contributed by atoms with van der Waals surface area (Å²) >= 11 is 0. The second-order valence-electron chi connectivity index (χ2n) is 4.67. The maximum atomic E-state index is 5.97. The smallest absolute Gasteiger partial charge is 0.155 e. The van der Waals surface area contributed by atoms with Crippen LogP contribution in [0.1, 0.15) is 19.8 Å². The van der Waals surface area contributed by atoms with E-state index in [1.165, 1.54) is 0 Å². The van der Waals surface area contributed by atoms with E-state index in [2.05, 4.69) is 33.7 Å². The number of nitrogens with zero attached hydrogens (tertiary/aromatic N) is 4. The van der Waals surface area contributed by atoms with Gasteiger partial charge in [-0.1, -0.05) is 6.92 Å². The summed E-state index contributed by atoms with van der Waals surface area (Å²) < 4.78 is 0. The van der Waals surface area contributed by atoms with Crippen molar-refractivity contribution in [3.05, 3.63) is 12.5 Å². The molecule has 2 heterocycles. The lowest BCUT2D eigenvalue weighted by molar-refractivity contribution is 0.327. The number of hydrogen-bond acceptors (Lipinski definition) is 5. The molecule has 0 bridgehead atoms. The van der Waals surface area contributed by atoms with E-state index in [-0.39, 0.29) is 0 Å². The fourth-order valence-electron chi connectivity index (χ4n) is 2.45. The lowest BCUT2D eigenvalue weighted by Crippen LogP contribution is -2.40. The maximum Gasteiger partial charge on any atom is 0.155 e. The highest BCUT2D eigenvalue weighted by Gasteiger charge is 2.24. The summed E-state index contributed by atoms with van der Waals surface area (Å²) in [6.07, 6.45) is 5.51. The van der Waals surface area contributed by atoms with Crippen molar-refractivity contribution in [1.29, 1.82) is 0 Å². The molecule has 1 aliphatic heterocycles. The first-order chi connectivity index (χ1) is 8.22. The average Bonchev–Trinajstić information content (AvgIpc) is 2.51. The normalized spacial score (nSPS) is 22.5. The van der Waals surface area contributed by atoms with Crippen molar-refractivity contribution < 1.29 is 0 Å². The molecular formula is C12H21N5. The molecular weight excluding hydrogens is 214 g/mol. The van der Waals surface area contributed by atoms with Crippen LogP contribution in [0, 0.1) is 0 Å². The van der Waals surface area contributed by atoms with E-state index in [0.29, 0.717) is 11.7 Å². The van der Waals surface area contributed by atoms with Crippen molar-refractivity contribution in [1.82, 2.24) is 14.9 Å². The molecule has 1 saturated heterocycles. The molecule has 0 aromatic carbocycles. The summed E-state index contributed by atoms with van der Waals surface area (Å²) in [6.45, 7) is 5.44. The van der Waals surface area contributed by atoms with Crippen LogP contribution in [0.4, 0.5) is 11.5 Å². The Kier molecular flexibility index (Phi) is 3.78. The molecule has 17 heavy (non-hydrogen) atoms.